The van der Waals surface area contributed by atoms with Crippen molar-refractivity contribution in [3.8, 4) is 5.75 Å². The molecule has 1 fully saturated rings. The minimum atomic E-state index is -0.588. The van der Waals surface area contributed by atoms with Crippen LogP contribution in [0.25, 0.3) is 0 Å². The Morgan fingerprint density at radius 2 is 1.72 bits per heavy atom. The average Bonchev–Trinajstić information content (AvgIpc) is 2.63. The van der Waals surface area contributed by atoms with Gasteiger partial charge in [-0.3, -0.25) is 4.79 Å². The van der Waals surface area contributed by atoms with Crippen LogP contribution < -0.4 is 0 Å². The van der Waals surface area contributed by atoms with Crippen molar-refractivity contribution in [2.24, 2.45) is 0 Å². The Balaban J connectivity index is 1.90. The van der Waals surface area contributed by atoms with Crippen molar-refractivity contribution >= 4 is 5.91 Å². The van der Waals surface area contributed by atoms with Gasteiger partial charge in [-0.1, -0.05) is 12.1 Å². The number of hydrogen-bond donors (Lipinski definition) is 1. The Hall–Kier alpha value is -2.47. The van der Waals surface area contributed by atoms with Crippen LogP contribution in [0.3, 0.4) is 0 Å². The number of benzene rings is 2. The first-order valence-electron chi connectivity index (χ1n) is 8.16. The summed E-state index contributed by atoms with van der Waals surface area (Å²) in [5.74, 6) is -1.65. The quantitative estimate of drug-likeness (QED) is 0.921. The number of phenols is 1. The molecule has 1 aliphatic heterocycles. The average molecular weight is 347 g/mol. The molecule has 0 aliphatic carbocycles. The number of hydrogen-bond acceptors (Lipinski definition) is 3. The highest BCUT2D eigenvalue weighted by molar-refractivity contribution is 5.97. The summed E-state index contributed by atoms with van der Waals surface area (Å²) in [5.41, 5.74) is 0.686. The fraction of sp³-hybridized carbons (Fsp3) is 0.316. The fourth-order valence-electron chi connectivity index (χ4n) is 2.98. The van der Waals surface area contributed by atoms with Gasteiger partial charge in [0, 0.05) is 25.8 Å². The second kappa shape index (κ2) is 7.61. The van der Waals surface area contributed by atoms with Crippen LogP contribution in [0.15, 0.2) is 42.5 Å². The molecule has 2 aromatic carbocycles. The maximum Gasteiger partial charge on any atom is 0.258 e. The number of nitrogens with zero attached hydrogens (tertiary/aromatic N) is 1. The van der Waals surface area contributed by atoms with Crippen LogP contribution in [0.2, 0.25) is 0 Å². The molecule has 0 atom stereocenters. The molecular weight excluding hydrogens is 328 g/mol. The van der Waals surface area contributed by atoms with Crippen molar-refractivity contribution in [1.82, 2.24) is 4.90 Å². The third-order valence-corrected chi connectivity index (χ3v) is 4.35. The van der Waals surface area contributed by atoms with Crippen LogP contribution in [0.4, 0.5) is 8.78 Å². The van der Waals surface area contributed by atoms with Crippen molar-refractivity contribution in [2.75, 3.05) is 13.2 Å². The Bertz CT molecular complexity index is 743. The van der Waals surface area contributed by atoms with Crippen LogP contribution in [-0.2, 0) is 11.3 Å². The van der Waals surface area contributed by atoms with E-state index in [0.717, 1.165) is 17.7 Å². The number of carbonyl (C=O) groups excluding carboxylic acids is 1. The Morgan fingerprint density at radius 3 is 2.40 bits per heavy atom. The topological polar surface area (TPSA) is 49.8 Å². The van der Waals surface area contributed by atoms with Gasteiger partial charge in [0.2, 0.25) is 0 Å². The molecule has 132 valence electrons. The summed E-state index contributed by atoms with van der Waals surface area (Å²) in [5, 5.41) is 9.97. The lowest BCUT2D eigenvalue weighted by Gasteiger charge is -2.34. The minimum absolute atomic E-state index is 0.0754. The summed E-state index contributed by atoms with van der Waals surface area (Å²) in [6.07, 6.45) is 1.31. The molecule has 0 radical (unpaired) electrons. The van der Waals surface area contributed by atoms with E-state index in [1.807, 2.05) is 0 Å². The van der Waals surface area contributed by atoms with Gasteiger partial charge >= 0.3 is 0 Å². The number of carbonyl (C=O) groups is 1. The molecule has 0 aromatic heterocycles. The van der Waals surface area contributed by atoms with E-state index in [-0.39, 0.29) is 29.7 Å². The van der Waals surface area contributed by atoms with Gasteiger partial charge in [0.15, 0.2) is 0 Å². The molecule has 0 bridgehead atoms. The number of ether oxygens (including phenoxy) is 1. The molecule has 1 aliphatic rings. The van der Waals surface area contributed by atoms with Crippen LogP contribution >= 0.6 is 0 Å². The normalized spacial score (nSPS) is 15.1. The first-order chi connectivity index (χ1) is 12.0. The number of aromatic hydroxyl groups is 1. The van der Waals surface area contributed by atoms with Crippen molar-refractivity contribution in [1.29, 1.82) is 0 Å². The molecule has 1 N–H and O–H groups in total. The van der Waals surface area contributed by atoms with Gasteiger partial charge in [-0.2, -0.15) is 0 Å². The summed E-state index contributed by atoms with van der Waals surface area (Å²) in [7, 11) is 0. The van der Waals surface area contributed by atoms with Crippen LogP contribution in [-0.4, -0.2) is 35.2 Å². The standard InChI is InChI=1S/C19H19F2NO3/c20-14-3-1-13(2-4-14)12-22(16-7-9-25-10-8-16)19(24)17-11-15(21)5-6-18(17)23/h1-6,11,16,23H,7-10,12H2. The summed E-state index contributed by atoms with van der Waals surface area (Å²) in [4.78, 5) is 14.6. The third kappa shape index (κ3) is 4.14. The summed E-state index contributed by atoms with van der Waals surface area (Å²) in [6, 6.07) is 9.11. The van der Waals surface area contributed by atoms with Crippen LogP contribution in [0.1, 0.15) is 28.8 Å². The summed E-state index contributed by atoms with van der Waals surface area (Å²) >= 11 is 0. The maximum atomic E-state index is 13.5. The van der Waals surface area contributed by atoms with Gasteiger partial charge in [0.1, 0.15) is 17.4 Å². The zero-order chi connectivity index (χ0) is 17.8. The highest BCUT2D eigenvalue weighted by Gasteiger charge is 2.28. The molecule has 1 heterocycles. The molecule has 0 spiro atoms. The van der Waals surface area contributed by atoms with Crippen molar-refractivity contribution < 1.29 is 23.4 Å². The van der Waals surface area contributed by atoms with E-state index < -0.39 is 11.7 Å². The van der Waals surface area contributed by atoms with Crippen molar-refractivity contribution in [2.45, 2.75) is 25.4 Å². The van der Waals surface area contributed by atoms with E-state index in [2.05, 4.69) is 0 Å². The first-order valence-corrected chi connectivity index (χ1v) is 8.16. The van der Waals surface area contributed by atoms with Gasteiger partial charge in [-0.25, -0.2) is 8.78 Å². The van der Waals surface area contributed by atoms with E-state index in [1.54, 1.807) is 17.0 Å². The summed E-state index contributed by atoms with van der Waals surface area (Å²) < 4.78 is 32.0. The largest absolute Gasteiger partial charge is 0.507 e. The number of rotatable bonds is 4. The lowest BCUT2D eigenvalue weighted by molar-refractivity contribution is 0.0265. The Labute approximate surface area is 144 Å². The maximum absolute atomic E-state index is 13.5. The van der Waals surface area contributed by atoms with Gasteiger partial charge in [-0.15, -0.1) is 0 Å². The molecule has 0 unspecified atom stereocenters. The molecule has 3 rings (SSSR count). The van der Waals surface area contributed by atoms with E-state index in [9.17, 15) is 18.7 Å². The van der Waals surface area contributed by atoms with E-state index in [1.165, 1.54) is 18.2 Å². The Morgan fingerprint density at radius 1 is 1.08 bits per heavy atom. The lowest BCUT2D eigenvalue weighted by Crippen LogP contribution is -2.43. The van der Waals surface area contributed by atoms with Crippen molar-refractivity contribution in [3.05, 3.63) is 65.2 Å². The molecule has 4 nitrogen and oxygen atoms in total. The van der Waals surface area contributed by atoms with E-state index >= 15 is 0 Å². The minimum Gasteiger partial charge on any atom is -0.507 e. The second-order valence-electron chi connectivity index (χ2n) is 6.06. The highest BCUT2D eigenvalue weighted by Crippen LogP contribution is 2.25. The summed E-state index contributed by atoms with van der Waals surface area (Å²) in [6.45, 7) is 1.32. The fourth-order valence-corrected chi connectivity index (χ4v) is 2.98. The number of amides is 1. The zero-order valence-electron chi connectivity index (χ0n) is 13.6. The second-order valence-corrected chi connectivity index (χ2v) is 6.06. The molecule has 6 heteroatoms. The monoisotopic (exact) mass is 347 g/mol. The van der Waals surface area contributed by atoms with Gasteiger partial charge in [-0.05, 0) is 48.7 Å². The lowest BCUT2D eigenvalue weighted by atomic mass is 10.0. The van der Waals surface area contributed by atoms with Gasteiger partial charge in [0.25, 0.3) is 5.91 Å². The number of phenolic OH excluding ortho intramolecular Hbond substituents is 1. The highest BCUT2D eigenvalue weighted by atomic mass is 19.1. The SMILES string of the molecule is O=C(c1cc(F)ccc1O)N(Cc1ccc(F)cc1)C1CCOCC1. The molecule has 25 heavy (non-hydrogen) atoms. The van der Waals surface area contributed by atoms with Gasteiger partial charge < -0.3 is 14.7 Å². The predicted molar refractivity (Wildman–Crippen MR) is 88.2 cm³/mol. The predicted octanol–water partition coefficient (Wildman–Crippen LogP) is 3.49. The molecule has 1 amide bonds. The van der Waals surface area contributed by atoms with Crippen LogP contribution in [0, 0.1) is 11.6 Å². The van der Waals surface area contributed by atoms with E-state index in [0.29, 0.717) is 26.1 Å². The molecule has 2 aromatic rings. The van der Waals surface area contributed by atoms with Gasteiger partial charge in [0.05, 0.1) is 5.56 Å². The van der Waals surface area contributed by atoms with E-state index in [4.69, 9.17) is 4.74 Å². The Kier molecular flexibility index (Phi) is 5.28. The van der Waals surface area contributed by atoms with Crippen LogP contribution in [0.5, 0.6) is 5.75 Å². The smallest absolute Gasteiger partial charge is 0.258 e. The van der Waals surface area contributed by atoms with Crippen molar-refractivity contribution in [3.63, 3.8) is 0 Å². The zero-order valence-corrected chi connectivity index (χ0v) is 13.6. The molecular formula is C19H19F2NO3. The molecule has 0 saturated carbocycles. The first kappa shape index (κ1) is 17.4. The molecule has 1 saturated heterocycles. The number of halogens is 2. The third-order valence-electron chi connectivity index (χ3n) is 4.35.